The van der Waals surface area contributed by atoms with E-state index in [0.717, 1.165) is 52.2 Å². The summed E-state index contributed by atoms with van der Waals surface area (Å²) in [6.07, 6.45) is 5.99. The number of ketones is 1. The number of carbonyl (C=O) groups is 2. The van der Waals surface area contributed by atoms with Crippen molar-refractivity contribution >= 4 is 34.4 Å². The van der Waals surface area contributed by atoms with Gasteiger partial charge in [-0.05, 0) is 55.0 Å². The van der Waals surface area contributed by atoms with Crippen LogP contribution in [0.25, 0.3) is 22.1 Å². The molecule has 3 aromatic rings. The molecule has 2 aliphatic carbocycles. The van der Waals surface area contributed by atoms with Gasteiger partial charge in [-0.1, -0.05) is 30.2 Å². The van der Waals surface area contributed by atoms with Gasteiger partial charge >= 0.3 is 0 Å². The Hall–Kier alpha value is -3.31. The van der Waals surface area contributed by atoms with Crippen molar-refractivity contribution in [1.82, 2.24) is 5.32 Å². The van der Waals surface area contributed by atoms with Crippen molar-refractivity contribution in [2.75, 3.05) is 12.4 Å². The zero-order chi connectivity index (χ0) is 27.3. The summed E-state index contributed by atoms with van der Waals surface area (Å²) in [5.41, 5.74) is 1.68. The van der Waals surface area contributed by atoms with E-state index >= 15 is 0 Å². The smallest absolute Gasteiger partial charge is 0.287 e. The number of terminal acetylenes is 1. The first kappa shape index (κ1) is 25.9. The summed E-state index contributed by atoms with van der Waals surface area (Å²) < 4.78 is 39.9. The fourth-order valence-corrected chi connectivity index (χ4v) is 6.30. The Balaban J connectivity index is 1.25. The van der Waals surface area contributed by atoms with Gasteiger partial charge in [-0.2, -0.15) is 11.8 Å². The topological polar surface area (TPSA) is 68.5 Å². The van der Waals surface area contributed by atoms with E-state index in [0.29, 0.717) is 12.2 Å². The first-order valence-corrected chi connectivity index (χ1v) is 14.4. The lowest BCUT2D eigenvalue weighted by Crippen LogP contribution is -2.58. The summed E-state index contributed by atoms with van der Waals surface area (Å²) in [6, 6.07) is 13.5. The predicted molar refractivity (Wildman–Crippen MR) is 147 cm³/mol. The van der Waals surface area contributed by atoms with Crippen LogP contribution in [0.5, 0.6) is 5.75 Å². The Bertz CT molecular complexity index is 1490. The molecule has 0 radical (unpaired) electrons. The van der Waals surface area contributed by atoms with Gasteiger partial charge in [-0.3, -0.25) is 9.59 Å². The van der Waals surface area contributed by atoms with Crippen molar-refractivity contribution < 1.29 is 27.5 Å². The van der Waals surface area contributed by atoms with Crippen LogP contribution in [0.1, 0.15) is 61.1 Å². The summed E-state index contributed by atoms with van der Waals surface area (Å²) in [4.78, 5) is 26.8. The minimum atomic E-state index is -2.85. The highest BCUT2D eigenvalue weighted by Crippen LogP contribution is 2.50. The fourth-order valence-electron chi connectivity index (χ4n) is 5.50. The third-order valence-corrected chi connectivity index (χ3v) is 9.24. The Kier molecular flexibility index (Phi) is 6.46. The Morgan fingerprint density at radius 3 is 2.49 bits per heavy atom. The van der Waals surface area contributed by atoms with E-state index in [1.165, 1.54) is 0 Å². The SMILES string of the molecule is C#CC1(CC(=O)C2(NC(=O)c3cc4ccc(-c5ccc6c(c5)OCCSC6)cc4o3)CCC(F)(F)CC2)CC1. The van der Waals surface area contributed by atoms with Crippen molar-refractivity contribution in [2.24, 2.45) is 5.41 Å². The van der Waals surface area contributed by atoms with Gasteiger partial charge in [0, 0.05) is 47.1 Å². The van der Waals surface area contributed by atoms with Gasteiger partial charge in [0.2, 0.25) is 5.92 Å². The number of amides is 1. The molecule has 2 saturated carbocycles. The van der Waals surface area contributed by atoms with Crippen LogP contribution < -0.4 is 10.1 Å². The van der Waals surface area contributed by atoms with E-state index in [1.807, 2.05) is 42.1 Å². The lowest BCUT2D eigenvalue weighted by molar-refractivity contribution is -0.131. The first-order chi connectivity index (χ1) is 18.7. The van der Waals surface area contributed by atoms with Crippen LogP contribution in [0.4, 0.5) is 8.78 Å². The Morgan fingerprint density at radius 2 is 1.74 bits per heavy atom. The minimum Gasteiger partial charge on any atom is -0.492 e. The van der Waals surface area contributed by atoms with E-state index in [2.05, 4.69) is 17.3 Å². The number of Topliss-reactive ketones (excluding diaryl/α,β-unsaturated/α-hetero) is 1. The summed E-state index contributed by atoms with van der Waals surface area (Å²) in [7, 11) is 0. The van der Waals surface area contributed by atoms with E-state index < -0.39 is 35.6 Å². The number of halogens is 2. The molecule has 1 amide bonds. The van der Waals surface area contributed by atoms with Gasteiger partial charge in [0.15, 0.2) is 11.5 Å². The quantitative estimate of drug-likeness (QED) is 0.344. The molecule has 202 valence electrons. The second kappa shape index (κ2) is 9.71. The Morgan fingerprint density at radius 1 is 1.00 bits per heavy atom. The average molecular weight is 550 g/mol. The largest absolute Gasteiger partial charge is 0.492 e. The molecule has 1 aromatic heterocycles. The molecule has 6 rings (SSSR count). The van der Waals surface area contributed by atoms with Gasteiger partial charge in [0.05, 0.1) is 12.1 Å². The molecular formula is C31H29F2NO4S. The third-order valence-electron chi connectivity index (χ3n) is 8.27. The van der Waals surface area contributed by atoms with Gasteiger partial charge in [-0.15, -0.1) is 6.42 Å². The highest BCUT2D eigenvalue weighted by Gasteiger charge is 2.52. The third kappa shape index (κ3) is 5.17. The second-order valence-corrected chi connectivity index (χ2v) is 12.1. The molecule has 0 unspecified atom stereocenters. The van der Waals surface area contributed by atoms with Crippen LogP contribution >= 0.6 is 11.8 Å². The number of benzene rings is 2. The zero-order valence-electron chi connectivity index (χ0n) is 21.5. The average Bonchev–Trinajstić information content (AvgIpc) is 3.63. The fraction of sp³-hybridized carbons (Fsp3) is 0.419. The molecule has 1 aliphatic heterocycles. The van der Waals surface area contributed by atoms with Gasteiger partial charge in [0.25, 0.3) is 5.91 Å². The molecule has 0 atom stereocenters. The number of hydrogen-bond acceptors (Lipinski definition) is 5. The predicted octanol–water partition coefficient (Wildman–Crippen LogP) is 6.78. The van der Waals surface area contributed by atoms with Crippen molar-refractivity contribution in [3.05, 3.63) is 53.8 Å². The lowest BCUT2D eigenvalue weighted by Gasteiger charge is -2.39. The standard InChI is InChI=1S/C31H29F2NO4S/c1-2-29(7-8-29)18-27(35)30(9-11-31(32,33)12-10-30)34-28(36)26-17-22-5-3-21(16-25(22)38-26)20-4-6-23-19-39-14-13-37-24(23)15-20/h1,3-6,15-17H,7-14,18-19H2,(H,34,36). The van der Waals surface area contributed by atoms with Crippen LogP contribution in [0, 0.1) is 17.8 Å². The van der Waals surface area contributed by atoms with Crippen molar-refractivity contribution in [2.45, 2.75) is 62.2 Å². The number of rotatable bonds is 6. The molecule has 3 aliphatic rings. The molecule has 0 spiro atoms. The lowest BCUT2D eigenvalue weighted by atomic mass is 9.74. The number of hydrogen-bond donors (Lipinski definition) is 1. The van der Waals surface area contributed by atoms with Crippen molar-refractivity contribution in [1.29, 1.82) is 0 Å². The normalized spacial score (nSPS) is 20.6. The highest BCUT2D eigenvalue weighted by molar-refractivity contribution is 7.98. The molecule has 2 heterocycles. The molecule has 2 fully saturated rings. The summed E-state index contributed by atoms with van der Waals surface area (Å²) in [6.45, 7) is 0.669. The van der Waals surface area contributed by atoms with E-state index in [1.54, 1.807) is 6.07 Å². The monoisotopic (exact) mass is 549 g/mol. The van der Waals surface area contributed by atoms with Crippen molar-refractivity contribution in [3.63, 3.8) is 0 Å². The second-order valence-electron chi connectivity index (χ2n) is 11.0. The van der Waals surface area contributed by atoms with Crippen LogP contribution in [0.3, 0.4) is 0 Å². The van der Waals surface area contributed by atoms with Crippen LogP contribution in [0.15, 0.2) is 46.9 Å². The Labute approximate surface area is 230 Å². The van der Waals surface area contributed by atoms with Crippen LogP contribution in [-0.2, 0) is 10.5 Å². The number of alkyl halides is 2. The maximum atomic E-state index is 14.0. The van der Waals surface area contributed by atoms with Gasteiger partial charge < -0.3 is 14.5 Å². The maximum Gasteiger partial charge on any atom is 0.287 e. The van der Waals surface area contributed by atoms with E-state index in [4.69, 9.17) is 15.6 Å². The maximum absolute atomic E-state index is 14.0. The zero-order valence-corrected chi connectivity index (χ0v) is 22.3. The molecule has 0 saturated heterocycles. The number of carbonyl (C=O) groups excluding carboxylic acids is 2. The molecular weight excluding hydrogens is 520 g/mol. The number of fused-ring (bicyclic) bond motifs is 2. The first-order valence-electron chi connectivity index (χ1n) is 13.3. The highest BCUT2D eigenvalue weighted by atomic mass is 32.2. The number of furan rings is 1. The number of ether oxygens (including phenoxy) is 1. The molecule has 8 heteroatoms. The summed E-state index contributed by atoms with van der Waals surface area (Å²) in [5.74, 6) is 1.75. The molecule has 0 bridgehead atoms. The van der Waals surface area contributed by atoms with E-state index in [-0.39, 0.29) is 30.8 Å². The number of thioether (sulfide) groups is 1. The van der Waals surface area contributed by atoms with E-state index in [9.17, 15) is 18.4 Å². The number of nitrogens with one attached hydrogen (secondary N) is 1. The summed E-state index contributed by atoms with van der Waals surface area (Å²) in [5, 5.41) is 3.53. The van der Waals surface area contributed by atoms with Crippen LogP contribution in [-0.4, -0.2) is 35.5 Å². The van der Waals surface area contributed by atoms with Crippen molar-refractivity contribution in [3.8, 4) is 29.2 Å². The molecule has 1 N–H and O–H groups in total. The van der Waals surface area contributed by atoms with Gasteiger partial charge in [-0.25, -0.2) is 8.78 Å². The molecule has 2 aromatic carbocycles. The molecule has 39 heavy (non-hydrogen) atoms. The van der Waals surface area contributed by atoms with Crippen LogP contribution in [0.2, 0.25) is 0 Å². The minimum absolute atomic E-state index is 0.0343. The van der Waals surface area contributed by atoms with Gasteiger partial charge in [0.1, 0.15) is 11.3 Å². The summed E-state index contributed by atoms with van der Waals surface area (Å²) >= 11 is 1.84. The molecule has 5 nitrogen and oxygen atoms in total.